The van der Waals surface area contributed by atoms with Crippen LogP contribution in [0.5, 0.6) is 0 Å². The SMILES string of the molecule is CC(C)(C)NS(=O)(=O)/N=C\c1cc(N(C(=O)O)C(=O)O)ccc1Cl. The molecule has 1 aromatic carbocycles. The minimum Gasteiger partial charge on any atom is -0.464 e. The van der Waals surface area contributed by atoms with E-state index in [0.29, 0.717) is 0 Å². The predicted molar refractivity (Wildman–Crippen MR) is 89.4 cm³/mol. The van der Waals surface area contributed by atoms with Gasteiger partial charge in [0.05, 0.1) is 11.9 Å². The van der Waals surface area contributed by atoms with Gasteiger partial charge in [-0.15, -0.1) is 0 Å². The lowest BCUT2D eigenvalue weighted by atomic mass is 10.1. The molecule has 132 valence electrons. The molecule has 0 radical (unpaired) electrons. The number of carboxylic acid groups (broad SMARTS) is 2. The summed E-state index contributed by atoms with van der Waals surface area (Å²) in [7, 11) is -4.01. The molecule has 0 fully saturated rings. The van der Waals surface area contributed by atoms with E-state index < -0.39 is 27.9 Å². The maximum atomic E-state index is 11.8. The van der Waals surface area contributed by atoms with E-state index in [2.05, 4.69) is 9.12 Å². The first-order chi connectivity index (χ1) is 10.8. The van der Waals surface area contributed by atoms with Gasteiger partial charge in [-0.2, -0.15) is 22.4 Å². The zero-order chi connectivity index (χ0) is 18.7. The fraction of sp³-hybridized carbons (Fsp3) is 0.308. The maximum absolute atomic E-state index is 11.8. The van der Waals surface area contributed by atoms with Crippen molar-refractivity contribution < 1.29 is 28.2 Å². The van der Waals surface area contributed by atoms with Crippen molar-refractivity contribution >= 4 is 45.9 Å². The van der Waals surface area contributed by atoms with Crippen LogP contribution in [0.2, 0.25) is 5.02 Å². The number of imide groups is 1. The Morgan fingerprint density at radius 2 is 1.79 bits per heavy atom. The van der Waals surface area contributed by atoms with Gasteiger partial charge >= 0.3 is 22.4 Å². The number of halogens is 1. The van der Waals surface area contributed by atoms with E-state index in [1.165, 1.54) is 12.1 Å². The monoisotopic (exact) mass is 377 g/mol. The highest BCUT2D eigenvalue weighted by molar-refractivity contribution is 7.88. The number of anilines is 1. The van der Waals surface area contributed by atoms with E-state index in [0.717, 1.165) is 12.3 Å². The molecule has 1 rings (SSSR count). The minimum atomic E-state index is -4.01. The van der Waals surface area contributed by atoms with Crippen molar-refractivity contribution in [1.29, 1.82) is 0 Å². The molecule has 0 aliphatic rings. The third-order valence-corrected chi connectivity index (χ3v) is 3.98. The number of hydrogen-bond donors (Lipinski definition) is 3. The number of benzene rings is 1. The molecule has 0 unspecified atom stereocenters. The molecule has 0 saturated heterocycles. The van der Waals surface area contributed by atoms with Crippen LogP contribution in [0.3, 0.4) is 0 Å². The first-order valence-electron chi connectivity index (χ1n) is 6.47. The molecular weight excluding hydrogens is 362 g/mol. The van der Waals surface area contributed by atoms with Crippen molar-refractivity contribution in [2.45, 2.75) is 26.3 Å². The number of carbonyl (C=O) groups is 2. The Labute approximate surface area is 143 Å². The molecule has 1 aromatic rings. The minimum absolute atomic E-state index is 0.0425. The molecule has 24 heavy (non-hydrogen) atoms. The maximum Gasteiger partial charge on any atom is 0.421 e. The van der Waals surface area contributed by atoms with Crippen LogP contribution in [0.15, 0.2) is 22.6 Å². The standard InChI is InChI=1S/C13H16ClN3O6S/c1-13(2,3)16-24(22,23)15-7-8-6-9(4-5-10(8)14)17(11(18)19)12(20)21/h4-7,16H,1-3H3,(H,18,19)(H,20,21)/b15-7-. The average Bonchev–Trinajstić information content (AvgIpc) is 2.35. The third-order valence-electron chi connectivity index (χ3n) is 2.39. The van der Waals surface area contributed by atoms with Gasteiger partial charge in [0.15, 0.2) is 0 Å². The highest BCUT2D eigenvalue weighted by atomic mass is 35.5. The van der Waals surface area contributed by atoms with Gasteiger partial charge in [0.25, 0.3) is 0 Å². The first kappa shape index (κ1) is 19.9. The lowest BCUT2D eigenvalue weighted by Crippen LogP contribution is -2.39. The summed E-state index contributed by atoms with van der Waals surface area (Å²) in [5, 5.41) is 17.9. The van der Waals surface area contributed by atoms with Crippen molar-refractivity contribution in [2.24, 2.45) is 4.40 Å². The van der Waals surface area contributed by atoms with Crippen molar-refractivity contribution in [3.8, 4) is 0 Å². The molecule has 0 bridgehead atoms. The average molecular weight is 378 g/mol. The second-order valence-electron chi connectivity index (χ2n) is 5.67. The van der Waals surface area contributed by atoms with Crippen LogP contribution in [-0.4, -0.2) is 42.6 Å². The normalized spacial score (nSPS) is 12.3. The molecular formula is C13H16ClN3O6S. The van der Waals surface area contributed by atoms with Gasteiger partial charge in [0, 0.05) is 16.1 Å². The summed E-state index contributed by atoms with van der Waals surface area (Å²) in [5.74, 6) is 0. The van der Waals surface area contributed by atoms with E-state index in [4.69, 9.17) is 21.8 Å². The van der Waals surface area contributed by atoms with E-state index in [1.807, 2.05) is 0 Å². The molecule has 0 saturated carbocycles. The van der Waals surface area contributed by atoms with Gasteiger partial charge in [-0.3, -0.25) is 0 Å². The van der Waals surface area contributed by atoms with Crippen LogP contribution in [0, 0.1) is 0 Å². The molecule has 11 heteroatoms. The molecule has 0 spiro atoms. The summed E-state index contributed by atoms with van der Waals surface area (Å²) in [6.07, 6.45) is -2.52. The molecule has 2 amide bonds. The first-order valence-corrected chi connectivity index (χ1v) is 8.29. The van der Waals surface area contributed by atoms with Crippen molar-refractivity contribution in [3.05, 3.63) is 28.8 Å². The lowest BCUT2D eigenvalue weighted by Gasteiger charge is -2.18. The van der Waals surface area contributed by atoms with Gasteiger partial charge in [0.2, 0.25) is 0 Å². The number of hydrogen-bond acceptors (Lipinski definition) is 4. The van der Waals surface area contributed by atoms with Crippen LogP contribution < -0.4 is 9.62 Å². The smallest absolute Gasteiger partial charge is 0.421 e. The Morgan fingerprint density at radius 3 is 2.25 bits per heavy atom. The Morgan fingerprint density at radius 1 is 1.25 bits per heavy atom. The summed E-state index contributed by atoms with van der Waals surface area (Å²) < 4.78 is 29.3. The van der Waals surface area contributed by atoms with Crippen LogP contribution >= 0.6 is 11.6 Å². The van der Waals surface area contributed by atoms with E-state index in [9.17, 15) is 18.0 Å². The summed E-state index contributed by atoms with van der Waals surface area (Å²) >= 11 is 5.90. The second-order valence-corrected chi connectivity index (χ2v) is 7.44. The third kappa shape index (κ3) is 5.80. The van der Waals surface area contributed by atoms with Crippen molar-refractivity contribution in [1.82, 2.24) is 4.72 Å². The predicted octanol–water partition coefficient (Wildman–Crippen LogP) is 2.55. The van der Waals surface area contributed by atoms with E-state index >= 15 is 0 Å². The summed E-state index contributed by atoms with van der Waals surface area (Å²) in [6.45, 7) is 4.89. The van der Waals surface area contributed by atoms with Gasteiger partial charge in [-0.1, -0.05) is 11.6 Å². The van der Waals surface area contributed by atoms with Gasteiger partial charge in [-0.05, 0) is 39.0 Å². The molecule has 9 nitrogen and oxygen atoms in total. The second kappa shape index (κ2) is 7.16. The Bertz CT molecular complexity index is 771. The Hall–Kier alpha value is -2.17. The molecule has 0 aliphatic heterocycles. The number of amides is 2. The topological polar surface area (TPSA) is 136 Å². The lowest BCUT2D eigenvalue weighted by molar-refractivity contribution is 0.184. The zero-order valence-corrected chi connectivity index (χ0v) is 14.6. The summed E-state index contributed by atoms with van der Waals surface area (Å²) in [5.41, 5.74) is -0.923. The van der Waals surface area contributed by atoms with Crippen molar-refractivity contribution in [2.75, 3.05) is 4.90 Å². The number of nitrogens with zero attached hydrogens (tertiary/aromatic N) is 2. The molecule has 0 aromatic heterocycles. The van der Waals surface area contributed by atoms with E-state index in [1.54, 1.807) is 20.8 Å². The fourth-order valence-corrected chi connectivity index (χ4v) is 2.86. The Balaban J connectivity index is 3.22. The molecule has 0 heterocycles. The number of nitrogens with one attached hydrogen (secondary N) is 1. The van der Waals surface area contributed by atoms with Crippen molar-refractivity contribution in [3.63, 3.8) is 0 Å². The van der Waals surface area contributed by atoms with Gasteiger partial charge < -0.3 is 10.2 Å². The summed E-state index contributed by atoms with van der Waals surface area (Å²) in [6, 6.07) is 3.51. The quantitative estimate of drug-likeness (QED) is 0.689. The van der Waals surface area contributed by atoms with Crippen LogP contribution in [-0.2, 0) is 10.2 Å². The van der Waals surface area contributed by atoms with Crippen LogP contribution in [0.1, 0.15) is 26.3 Å². The highest BCUT2D eigenvalue weighted by Gasteiger charge is 2.23. The van der Waals surface area contributed by atoms with Gasteiger partial charge in [-0.25, -0.2) is 9.59 Å². The van der Waals surface area contributed by atoms with Crippen LogP contribution in [0.4, 0.5) is 15.3 Å². The Kier molecular flexibility index (Phi) is 5.93. The summed E-state index contributed by atoms with van der Waals surface area (Å²) in [4.78, 5) is 22.0. The molecule has 0 aliphatic carbocycles. The number of rotatable bonds is 4. The van der Waals surface area contributed by atoms with E-state index in [-0.39, 0.29) is 21.2 Å². The van der Waals surface area contributed by atoms with Crippen LogP contribution in [0.25, 0.3) is 0 Å². The molecule has 0 atom stereocenters. The zero-order valence-electron chi connectivity index (χ0n) is 13.0. The highest BCUT2D eigenvalue weighted by Crippen LogP contribution is 2.23. The largest absolute Gasteiger partial charge is 0.464 e. The fourth-order valence-electron chi connectivity index (χ4n) is 1.61. The molecule has 3 N–H and O–H groups in total. The van der Waals surface area contributed by atoms with Gasteiger partial charge in [0.1, 0.15) is 0 Å².